The van der Waals surface area contributed by atoms with Crippen LogP contribution in [-0.4, -0.2) is 38.7 Å². The summed E-state index contributed by atoms with van der Waals surface area (Å²) in [6.07, 6.45) is 3.99. The second-order valence-electron chi connectivity index (χ2n) is 7.01. The Hall–Kier alpha value is -2.67. The number of anilines is 2. The van der Waals surface area contributed by atoms with Crippen molar-refractivity contribution in [2.45, 2.75) is 19.8 Å². The number of piperidine rings is 1. The average molecular weight is 385 g/mol. The molecule has 3 heterocycles. The van der Waals surface area contributed by atoms with Crippen LogP contribution in [0.15, 0.2) is 30.5 Å². The van der Waals surface area contributed by atoms with E-state index in [2.05, 4.69) is 32.2 Å². The zero-order valence-electron chi connectivity index (χ0n) is 15.3. The standard InChI is InChI=1S/C19H21ClN6O/c1-12-7-9-26(10-8-12)18-15-11-21-25(2)17(15)23-16(24-18)19(27)22-14-5-3-13(20)4-6-14/h3-6,11-12H,7-10H2,1-2H3,(H,22,27). The molecule has 0 atom stereocenters. The van der Waals surface area contributed by atoms with Gasteiger partial charge in [-0.15, -0.1) is 0 Å². The van der Waals surface area contributed by atoms with Crippen LogP contribution in [0.25, 0.3) is 11.0 Å². The SMILES string of the molecule is CC1CCN(c2nc(C(=O)Nc3ccc(Cl)cc3)nc3c2cnn3C)CC1. The van der Waals surface area contributed by atoms with Crippen molar-refractivity contribution < 1.29 is 4.79 Å². The van der Waals surface area contributed by atoms with Gasteiger partial charge in [-0.25, -0.2) is 9.97 Å². The molecule has 1 aliphatic rings. The van der Waals surface area contributed by atoms with E-state index < -0.39 is 0 Å². The first-order chi connectivity index (χ1) is 13.0. The maximum atomic E-state index is 12.7. The van der Waals surface area contributed by atoms with Crippen molar-refractivity contribution in [1.82, 2.24) is 19.7 Å². The van der Waals surface area contributed by atoms with E-state index in [1.807, 2.05) is 7.05 Å². The van der Waals surface area contributed by atoms with E-state index in [-0.39, 0.29) is 11.7 Å². The molecule has 1 N–H and O–H groups in total. The van der Waals surface area contributed by atoms with Crippen molar-refractivity contribution in [2.75, 3.05) is 23.3 Å². The summed E-state index contributed by atoms with van der Waals surface area (Å²) in [6.45, 7) is 4.10. The van der Waals surface area contributed by atoms with Crippen molar-refractivity contribution in [3.63, 3.8) is 0 Å². The van der Waals surface area contributed by atoms with E-state index in [0.717, 1.165) is 37.1 Å². The van der Waals surface area contributed by atoms with Crippen LogP contribution in [0.2, 0.25) is 5.02 Å². The van der Waals surface area contributed by atoms with Crippen LogP contribution in [0.5, 0.6) is 0 Å². The minimum atomic E-state index is -0.355. The number of nitrogens with zero attached hydrogens (tertiary/aromatic N) is 5. The summed E-state index contributed by atoms with van der Waals surface area (Å²) in [6, 6.07) is 6.94. The number of aryl methyl sites for hydroxylation is 1. The maximum absolute atomic E-state index is 12.7. The van der Waals surface area contributed by atoms with Gasteiger partial charge in [0.1, 0.15) is 5.82 Å². The molecule has 2 aromatic heterocycles. The van der Waals surface area contributed by atoms with Crippen LogP contribution in [0, 0.1) is 5.92 Å². The number of hydrogen-bond acceptors (Lipinski definition) is 5. The number of carbonyl (C=O) groups excluding carboxylic acids is 1. The van der Waals surface area contributed by atoms with E-state index in [9.17, 15) is 4.79 Å². The molecule has 1 amide bonds. The van der Waals surface area contributed by atoms with Gasteiger partial charge in [-0.05, 0) is 43.0 Å². The fourth-order valence-corrected chi connectivity index (χ4v) is 3.42. The van der Waals surface area contributed by atoms with Crippen LogP contribution in [0.3, 0.4) is 0 Å². The first kappa shape index (κ1) is 17.7. The van der Waals surface area contributed by atoms with Crippen molar-refractivity contribution in [1.29, 1.82) is 0 Å². The van der Waals surface area contributed by atoms with Gasteiger partial charge in [0.2, 0.25) is 5.82 Å². The monoisotopic (exact) mass is 384 g/mol. The Labute approximate surface area is 162 Å². The number of aromatic nitrogens is 4. The minimum Gasteiger partial charge on any atom is -0.356 e. The molecule has 0 spiro atoms. The van der Waals surface area contributed by atoms with Crippen molar-refractivity contribution in [3.05, 3.63) is 41.3 Å². The number of nitrogens with one attached hydrogen (secondary N) is 1. The van der Waals surface area contributed by atoms with Crippen LogP contribution in [-0.2, 0) is 7.05 Å². The lowest BCUT2D eigenvalue weighted by molar-refractivity contribution is 0.101. The van der Waals surface area contributed by atoms with Crippen LogP contribution in [0.4, 0.5) is 11.5 Å². The zero-order chi connectivity index (χ0) is 19.0. The van der Waals surface area contributed by atoms with Gasteiger partial charge in [0.05, 0.1) is 11.6 Å². The summed E-state index contributed by atoms with van der Waals surface area (Å²) >= 11 is 5.90. The van der Waals surface area contributed by atoms with Crippen LogP contribution >= 0.6 is 11.6 Å². The quantitative estimate of drug-likeness (QED) is 0.747. The second kappa shape index (κ2) is 7.15. The van der Waals surface area contributed by atoms with Gasteiger partial charge >= 0.3 is 0 Å². The lowest BCUT2D eigenvalue weighted by atomic mass is 9.99. The minimum absolute atomic E-state index is 0.134. The number of carbonyl (C=O) groups is 1. The molecular weight excluding hydrogens is 364 g/mol. The molecule has 1 aliphatic heterocycles. The highest BCUT2D eigenvalue weighted by Crippen LogP contribution is 2.28. The van der Waals surface area contributed by atoms with E-state index >= 15 is 0 Å². The van der Waals surface area contributed by atoms with E-state index in [4.69, 9.17) is 11.6 Å². The number of hydrogen-bond donors (Lipinski definition) is 1. The Morgan fingerprint density at radius 3 is 2.59 bits per heavy atom. The third kappa shape index (κ3) is 3.60. The van der Waals surface area contributed by atoms with Gasteiger partial charge in [-0.1, -0.05) is 18.5 Å². The highest BCUT2D eigenvalue weighted by Gasteiger charge is 2.23. The molecule has 4 rings (SSSR count). The molecule has 140 valence electrons. The highest BCUT2D eigenvalue weighted by molar-refractivity contribution is 6.30. The summed E-state index contributed by atoms with van der Waals surface area (Å²) in [5, 5.41) is 8.61. The van der Waals surface area contributed by atoms with E-state index in [1.165, 1.54) is 0 Å². The van der Waals surface area contributed by atoms with Gasteiger partial charge in [-0.3, -0.25) is 9.48 Å². The predicted octanol–water partition coefficient (Wildman–Crippen LogP) is 3.51. The average Bonchev–Trinajstić information content (AvgIpc) is 3.05. The molecule has 1 saturated heterocycles. The fourth-order valence-electron chi connectivity index (χ4n) is 3.29. The smallest absolute Gasteiger partial charge is 0.293 e. The zero-order valence-corrected chi connectivity index (χ0v) is 16.1. The predicted molar refractivity (Wildman–Crippen MR) is 106 cm³/mol. The molecule has 3 aromatic rings. The van der Waals surface area contributed by atoms with E-state index in [1.54, 1.807) is 35.1 Å². The third-order valence-electron chi connectivity index (χ3n) is 4.96. The summed E-state index contributed by atoms with van der Waals surface area (Å²) in [7, 11) is 1.82. The third-order valence-corrected chi connectivity index (χ3v) is 5.21. The molecule has 0 saturated carbocycles. The fraction of sp³-hybridized carbons (Fsp3) is 0.368. The Bertz CT molecular complexity index is 976. The Balaban J connectivity index is 1.69. The molecule has 0 aliphatic carbocycles. The molecule has 27 heavy (non-hydrogen) atoms. The van der Waals surface area contributed by atoms with Crippen molar-refractivity contribution in [3.8, 4) is 0 Å². The van der Waals surface area contributed by atoms with E-state index in [0.29, 0.717) is 22.3 Å². The van der Waals surface area contributed by atoms with Crippen LogP contribution in [0.1, 0.15) is 30.4 Å². The summed E-state index contributed by atoms with van der Waals surface area (Å²) in [4.78, 5) is 24.0. The maximum Gasteiger partial charge on any atom is 0.293 e. The Morgan fingerprint density at radius 1 is 1.19 bits per heavy atom. The normalized spacial score (nSPS) is 15.3. The van der Waals surface area contributed by atoms with Gasteiger partial charge < -0.3 is 10.2 Å². The molecular formula is C19H21ClN6O. The van der Waals surface area contributed by atoms with Gasteiger partial charge in [-0.2, -0.15) is 5.10 Å². The van der Waals surface area contributed by atoms with Crippen molar-refractivity contribution in [2.24, 2.45) is 13.0 Å². The molecule has 0 unspecified atom stereocenters. The molecule has 7 nitrogen and oxygen atoms in total. The molecule has 0 radical (unpaired) electrons. The lowest BCUT2D eigenvalue weighted by Gasteiger charge is -2.31. The highest BCUT2D eigenvalue weighted by atomic mass is 35.5. The number of amides is 1. The number of fused-ring (bicyclic) bond motifs is 1. The molecule has 0 bridgehead atoms. The largest absolute Gasteiger partial charge is 0.356 e. The first-order valence-electron chi connectivity index (χ1n) is 9.03. The lowest BCUT2D eigenvalue weighted by Crippen LogP contribution is -2.34. The van der Waals surface area contributed by atoms with Gasteiger partial charge in [0.25, 0.3) is 5.91 Å². The van der Waals surface area contributed by atoms with Crippen molar-refractivity contribution >= 4 is 40.0 Å². The summed E-state index contributed by atoms with van der Waals surface area (Å²) < 4.78 is 1.67. The van der Waals surface area contributed by atoms with Crippen LogP contribution < -0.4 is 10.2 Å². The topological polar surface area (TPSA) is 75.9 Å². The molecule has 1 aromatic carbocycles. The summed E-state index contributed by atoms with van der Waals surface area (Å²) in [5.74, 6) is 1.27. The summed E-state index contributed by atoms with van der Waals surface area (Å²) in [5.41, 5.74) is 1.30. The molecule has 8 heteroatoms. The Kier molecular flexibility index (Phi) is 4.70. The van der Waals surface area contributed by atoms with Gasteiger partial charge in [0.15, 0.2) is 5.65 Å². The number of rotatable bonds is 3. The number of benzene rings is 1. The Morgan fingerprint density at radius 2 is 1.89 bits per heavy atom. The first-order valence-corrected chi connectivity index (χ1v) is 9.40. The second-order valence-corrected chi connectivity index (χ2v) is 7.44. The number of halogens is 1. The molecule has 1 fully saturated rings. The van der Waals surface area contributed by atoms with Gasteiger partial charge in [0, 0.05) is 30.8 Å².